The van der Waals surface area contributed by atoms with Crippen molar-refractivity contribution in [2.75, 3.05) is 6.61 Å². The van der Waals surface area contributed by atoms with Gasteiger partial charge in [-0.3, -0.25) is 4.79 Å². The Labute approximate surface area is 103 Å². The molecule has 0 radical (unpaired) electrons. The highest BCUT2D eigenvalue weighted by Crippen LogP contribution is 2.15. The van der Waals surface area contributed by atoms with Crippen molar-refractivity contribution in [1.82, 2.24) is 5.32 Å². The van der Waals surface area contributed by atoms with E-state index in [4.69, 9.17) is 5.11 Å². The molecule has 0 fully saturated rings. The maximum absolute atomic E-state index is 12.1. The minimum atomic E-state index is -0.338. The van der Waals surface area contributed by atoms with Crippen LogP contribution >= 0.6 is 0 Å². The van der Waals surface area contributed by atoms with E-state index in [0.717, 1.165) is 12.0 Å². The fourth-order valence-corrected chi connectivity index (χ4v) is 1.71. The van der Waals surface area contributed by atoms with Gasteiger partial charge in [0.2, 0.25) is 0 Å². The molecule has 1 unspecified atom stereocenters. The van der Waals surface area contributed by atoms with E-state index in [1.165, 1.54) is 0 Å². The zero-order valence-electron chi connectivity index (χ0n) is 10.8. The lowest BCUT2D eigenvalue weighted by Gasteiger charge is -2.29. The Bertz CT molecular complexity index is 390. The van der Waals surface area contributed by atoms with Crippen molar-refractivity contribution >= 4 is 5.91 Å². The summed E-state index contributed by atoms with van der Waals surface area (Å²) in [6, 6.07) is 7.50. The van der Waals surface area contributed by atoms with Crippen molar-refractivity contribution in [1.29, 1.82) is 0 Å². The van der Waals surface area contributed by atoms with Crippen molar-refractivity contribution in [2.24, 2.45) is 0 Å². The van der Waals surface area contributed by atoms with E-state index in [1.807, 2.05) is 39.0 Å². The summed E-state index contributed by atoms with van der Waals surface area (Å²) in [5.41, 5.74) is 1.40. The predicted molar refractivity (Wildman–Crippen MR) is 69.0 cm³/mol. The van der Waals surface area contributed by atoms with Gasteiger partial charge in [-0.2, -0.15) is 0 Å². The number of amides is 1. The predicted octanol–water partition coefficient (Wildman–Crippen LogP) is 2.28. The van der Waals surface area contributed by atoms with E-state index in [1.54, 1.807) is 6.07 Å². The normalized spacial score (nSPS) is 14.1. The molecule has 1 aromatic rings. The van der Waals surface area contributed by atoms with Gasteiger partial charge in [-0.1, -0.05) is 24.6 Å². The second kappa shape index (κ2) is 5.82. The van der Waals surface area contributed by atoms with Crippen LogP contribution in [0.25, 0.3) is 0 Å². The van der Waals surface area contributed by atoms with Crippen LogP contribution in [0, 0.1) is 6.92 Å². The highest BCUT2D eigenvalue weighted by molar-refractivity contribution is 5.94. The number of aryl methyl sites for hydroxylation is 1. The molecule has 0 heterocycles. The average molecular weight is 235 g/mol. The number of carbonyl (C=O) groups excluding carboxylic acids is 1. The molecule has 0 aliphatic heterocycles. The lowest BCUT2D eigenvalue weighted by atomic mass is 9.94. The van der Waals surface area contributed by atoms with Crippen LogP contribution in [0.2, 0.25) is 0 Å². The fraction of sp³-hybridized carbons (Fsp3) is 0.500. The van der Waals surface area contributed by atoms with Crippen molar-refractivity contribution in [3.05, 3.63) is 35.4 Å². The Kier molecular flexibility index (Phi) is 4.70. The van der Waals surface area contributed by atoms with E-state index in [0.29, 0.717) is 12.0 Å². The van der Waals surface area contributed by atoms with E-state index in [-0.39, 0.29) is 18.1 Å². The van der Waals surface area contributed by atoms with Gasteiger partial charge in [0, 0.05) is 17.7 Å². The standard InChI is InChI=1S/C14H21NO2/c1-4-14(3,8-9-16)15-13(17)12-7-5-6-11(2)10-12/h5-7,10,16H,4,8-9H2,1-3H3,(H,15,17). The van der Waals surface area contributed by atoms with E-state index in [9.17, 15) is 4.79 Å². The highest BCUT2D eigenvalue weighted by Gasteiger charge is 2.24. The van der Waals surface area contributed by atoms with Crippen LogP contribution in [0.15, 0.2) is 24.3 Å². The molecule has 1 amide bonds. The SMILES string of the molecule is CCC(C)(CCO)NC(=O)c1cccc(C)c1. The van der Waals surface area contributed by atoms with Gasteiger partial charge in [-0.15, -0.1) is 0 Å². The van der Waals surface area contributed by atoms with Crippen LogP contribution in [0.3, 0.4) is 0 Å². The summed E-state index contributed by atoms with van der Waals surface area (Å²) in [6.45, 7) is 6.01. The molecule has 0 aromatic heterocycles. The molecule has 2 N–H and O–H groups in total. The maximum Gasteiger partial charge on any atom is 0.251 e. The smallest absolute Gasteiger partial charge is 0.251 e. The van der Waals surface area contributed by atoms with Gasteiger partial charge in [-0.25, -0.2) is 0 Å². The highest BCUT2D eigenvalue weighted by atomic mass is 16.3. The van der Waals surface area contributed by atoms with Crippen LogP contribution in [0.4, 0.5) is 0 Å². The Balaban J connectivity index is 2.77. The van der Waals surface area contributed by atoms with Crippen molar-refractivity contribution in [2.45, 2.75) is 39.2 Å². The van der Waals surface area contributed by atoms with Crippen LogP contribution < -0.4 is 5.32 Å². The van der Waals surface area contributed by atoms with Gasteiger partial charge in [0.25, 0.3) is 5.91 Å². The van der Waals surface area contributed by atoms with Crippen LogP contribution in [0.5, 0.6) is 0 Å². The zero-order valence-corrected chi connectivity index (χ0v) is 10.8. The van der Waals surface area contributed by atoms with Crippen molar-refractivity contribution in [3.63, 3.8) is 0 Å². The number of aliphatic hydroxyl groups excluding tert-OH is 1. The van der Waals surface area contributed by atoms with Gasteiger partial charge in [0.15, 0.2) is 0 Å². The quantitative estimate of drug-likeness (QED) is 0.822. The lowest BCUT2D eigenvalue weighted by molar-refractivity contribution is 0.0886. The average Bonchev–Trinajstić information content (AvgIpc) is 2.29. The fourth-order valence-electron chi connectivity index (χ4n) is 1.71. The Morgan fingerprint density at radius 3 is 2.71 bits per heavy atom. The van der Waals surface area contributed by atoms with Gasteiger partial charge < -0.3 is 10.4 Å². The van der Waals surface area contributed by atoms with Crippen LogP contribution in [-0.2, 0) is 0 Å². The summed E-state index contributed by atoms with van der Waals surface area (Å²) in [7, 11) is 0. The third-order valence-electron chi connectivity index (χ3n) is 3.14. The number of benzene rings is 1. The minimum Gasteiger partial charge on any atom is -0.396 e. The Hall–Kier alpha value is -1.35. The van der Waals surface area contributed by atoms with Gasteiger partial charge in [0.1, 0.15) is 0 Å². The Morgan fingerprint density at radius 2 is 2.18 bits per heavy atom. The first-order valence-corrected chi connectivity index (χ1v) is 6.01. The molecule has 0 bridgehead atoms. The van der Waals surface area contributed by atoms with Crippen LogP contribution in [-0.4, -0.2) is 23.2 Å². The number of rotatable bonds is 5. The van der Waals surface area contributed by atoms with E-state index >= 15 is 0 Å². The Morgan fingerprint density at radius 1 is 1.47 bits per heavy atom. The number of nitrogens with one attached hydrogen (secondary N) is 1. The largest absolute Gasteiger partial charge is 0.396 e. The molecule has 0 saturated heterocycles. The molecule has 94 valence electrons. The molecular formula is C14H21NO2. The third kappa shape index (κ3) is 3.86. The summed E-state index contributed by atoms with van der Waals surface area (Å²) >= 11 is 0. The molecule has 0 aliphatic rings. The van der Waals surface area contributed by atoms with Crippen molar-refractivity contribution < 1.29 is 9.90 Å². The molecule has 3 nitrogen and oxygen atoms in total. The second-order valence-corrected chi connectivity index (χ2v) is 4.71. The minimum absolute atomic E-state index is 0.0773. The van der Waals surface area contributed by atoms with Gasteiger partial charge >= 0.3 is 0 Å². The summed E-state index contributed by atoms with van der Waals surface area (Å²) < 4.78 is 0. The first kappa shape index (κ1) is 13.7. The number of carbonyl (C=O) groups is 1. The van der Waals surface area contributed by atoms with Gasteiger partial charge in [-0.05, 0) is 38.8 Å². The number of aliphatic hydroxyl groups is 1. The lowest BCUT2D eigenvalue weighted by Crippen LogP contribution is -2.46. The maximum atomic E-state index is 12.1. The molecule has 0 spiro atoms. The number of hydrogen-bond acceptors (Lipinski definition) is 2. The molecule has 1 rings (SSSR count). The summed E-state index contributed by atoms with van der Waals surface area (Å²) in [4.78, 5) is 12.1. The monoisotopic (exact) mass is 235 g/mol. The molecule has 1 aromatic carbocycles. The third-order valence-corrected chi connectivity index (χ3v) is 3.14. The summed E-state index contributed by atoms with van der Waals surface area (Å²) in [5, 5.41) is 12.0. The molecule has 3 heteroatoms. The molecule has 0 saturated carbocycles. The summed E-state index contributed by atoms with van der Waals surface area (Å²) in [6.07, 6.45) is 1.37. The number of hydrogen-bond donors (Lipinski definition) is 2. The second-order valence-electron chi connectivity index (χ2n) is 4.71. The first-order valence-electron chi connectivity index (χ1n) is 6.01. The molecular weight excluding hydrogens is 214 g/mol. The van der Waals surface area contributed by atoms with E-state index < -0.39 is 0 Å². The molecule has 17 heavy (non-hydrogen) atoms. The van der Waals surface area contributed by atoms with Crippen LogP contribution in [0.1, 0.15) is 42.6 Å². The molecule has 1 atom stereocenters. The molecule has 0 aliphatic carbocycles. The zero-order chi connectivity index (χ0) is 12.9. The summed E-state index contributed by atoms with van der Waals surface area (Å²) in [5.74, 6) is -0.0773. The van der Waals surface area contributed by atoms with Crippen molar-refractivity contribution in [3.8, 4) is 0 Å². The van der Waals surface area contributed by atoms with Gasteiger partial charge in [0.05, 0.1) is 0 Å². The topological polar surface area (TPSA) is 49.3 Å². The van der Waals surface area contributed by atoms with E-state index in [2.05, 4.69) is 5.32 Å². The first-order chi connectivity index (χ1) is 8.00.